The number of hydrogen-bond donors (Lipinski definition) is 3. The molecule has 2 saturated carbocycles. The number of benzene rings is 3. The van der Waals surface area contributed by atoms with E-state index in [1.165, 1.54) is 51.4 Å². The molecule has 2 aliphatic carbocycles. The minimum Gasteiger partial charge on any atom is -0.466 e. The normalized spacial score (nSPS) is 14.0. The van der Waals surface area contributed by atoms with Gasteiger partial charge in [0.15, 0.2) is 17.5 Å². The maximum atomic E-state index is 12.7. The third kappa shape index (κ3) is 20.3. The number of esters is 3. The molecule has 3 N–H and O–H groups in total. The van der Waals surface area contributed by atoms with Gasteiger partial charge in [0.05, 0.1) is 13.0 Å². The Labute approximate surface area is 440 Å². The molecule has 3 heterocycles. The number of rotatable bonds is 21. The van der Waals surface area contributed by atoms with Crippen molar-refractivity contribution < 1.29 is 56.5 Å². The Kier molecular flexibility index (Phi) is 22.6. The number of nitrogens with zero attached hydrogens (tertiary/aromatic N) is 3. The summed E-state index contributed by atoms with van der Waals surface area (Å²) in [5, 5.41) is 19.6. The number of carbonyl (C=O) groups is 6. The Morgan fingerprint density at radius 2 is 0.987 bits per heavy atom. The second-order valence-corrected chi connectivity index (χ2v) is 19.0. The summed E-state index contributed by atoms with van der Waals surface area (Å²) in [6.07, 6.45) is 11.2. The molecule has 19 heteroatoms. The van der Waals surface area contributed by atoms with E-state index in [4.69, 9.17) is 39.4 Å². The summed E-state index contributed by atoms with van der Waals surface area (Å²) in [6, 6.07) is 29.5. The smallest absolute Gasteiger partial charge is 0.311 e. The predicted octanol–water partition coefficient (Wildman–Crippen LogP) is 11.5. The first-order chi connectivity index (χ1) is 36.3. The summed E-state index contributed by atoms with van der Waals surface area (Å²) in [5.74, 6) is 1.91. The van der Waals surface area contributed by atoms with Crippen LogP contribution in [0.5, 0.6) is 0 Å². The van der Waals surface area contributed by atoms with Gasteiger partial charge < -0.3 is 43.7 Å². The Morgan fingerprint density at radius 3 is 1.43 bits per heavy atom. The quantitative estimate of drug-likeness (QED) is 0.0345. The molecule has 18 nitrogen and oxygen atoms in total. The minimum absolute atomic E-state index is 0.0247. The van der Waals surface area contributed by atoms with Crippen molar-refractivity contribution in [3.8, 4) is 0 Å². The number of aryl methyl sites for hydroxylation is 3. The van der Waals surface area contributed by atoms with Gasteiger partial charge in [-0.25, -0.2) is 0 Å². The van der Waals surface area contributed by atoms with E-state index >= 15 is 0 Å². The van der Waals surface area contributed by atoms with Crippen LogP contribution in [0.15, 0.2) is 117 Å². The van der Waals surface area contributed by atoms with Crippen molar-refractivity contribution in [3.05, 3.63) is 142 Å². The van der Waals surface area contributed by atoms with E-state index in [-0.39, 0.29) is 36.7 Å². The fourth-order valence-electron chi connectivity index (χ4n) is 8.53. The number of nitrogens with one attached hydrogen (secondary N) is 3. The van der Waals surface area contributed by atoms with E-state index in [1.54, 1.807) is 99.6 Å². The van der Waals surface area contributed by atoms with Gasteiger partial charge in [0.1, 0.15) is 17.3 Å². The van der Waals surface area contributed by atoms with Crippen LogP contribution in [0, 0.1) is 32.6 Å². The van der Waals surface area contributed by atoms with E-state index in [2.05, 4.69) is 31.4 Å². The van der Waals surface area contributed by atoms with Gasteiger partial charge in [0.25, 0.3) is 11.8 Å². The topological polar surface area (TPSA) is 244 Å². The molecule has 0 bridgehead atoms. The van der Waals surface area contributed by atoms with Crippen LogP contribution in [0.2, 0.25) is 5.02 Å². The van der Waals surface area contributed by atoms with Crippen LogP contribution in [0.3, 0.4) is 0 Å². The second kappa shape index (κ2) is 29.9. The van der Waals surface area contributed by atoms with Crippen LogP contribution >= 0.6 is 11.6 Å². The van der Waals surface area contributed by atoms with Crippen molar-refractivity contribution in [2.24, 2.45) is 11.8 Å². The molecule has 2 fully saturated rings. The predicted molar refractivity (Wildman–Crippen MR) is 278 cm³/mol. The number of anilines is 3. The molecule has 0 saturated heterocycles. The summed E-state index contributed by atoms with van der Waals surface area (Å²) in [6.45, 7) is 5.49. The maximum Gasteiger partial charge on any atom is 0.311 e. The summed E-state index contributed by atoms with van der Waals surface area (Å²) in [7, 11) is 0. The highest BCUT2D eigenvalue weighted by atomic mass is 35.5. The van der Waals surface area contributed by atoms with Gasteiger partial charge in [-0.2, -0.15) is 0 Å². The van der Waals surface area contributed by atoms with E-state index in [1.807, 2.05) is 24.3 Å². The van der Waals surface area contributed by atoms with Gasteiger partial charge >= 0.3 is 17.9 Å². The number of halogens is 1. The molecule has 2 atom stereocenters. The molecule has 398 valence electrons. The van der Waals surface area contributed by atoms with Gasteiger partial charge in [-0.15, -0.1) is 0 Å². The lowest BCUT2D eigenvalue weighted by molar-refractivity contribution is -0.155. The van der Waals surface area contributed by atoms with Crippen molar-refractivity contribution in [2.75, 3.05) is 22.6 Å². The molecule has 2 unspecified atom stereocenters. The Morgan fingerprint density at radius 1 is 0.560 bits per heavy atom. The average Bonchev–Trinajstić information content (AvgIpc) is 4.29. The molecule has 6 aromatic rings. The maximum absolute atomic E-state index is 12.7. The lowest BCUT2D eigenvalue weighted by Crippen LogP contribution is -2.26. The third-order valence-electron chi connectivity index (χ3n) is 12.4. The summed E-state index contributed by atoms with van der Waals surface area (Å²) in [4.78, 5) is 73.2. The molecule has 0 aliphatic heterocycles. The fraction of sp³-hybridized carbons (Fsp3) is 0.411. The summed E-state index contributed by atoms with van der Waals surface area (Å²) in [5.41, 5.74) is 1.92. The van der Waals surface area contributed by atoms with E-state index < -0.39 is 30.0 Å². The van der Waals surface area contributed by atoms with Crippen LogP contribution in [-0.2, 0) is 49.4 Å². The highest BCUT2D eigenvalue weighted by molar-refractivity contribution is 6.30. The first-order valence-corrected chi connectivity index (χ1v) is 25.7. The van der Waals surface area contributed by atoms with Crippen LogP contribution < -0.4 is 16.0 Å². The van der Waals surface area contributed by atoms with Gasteiger partial charge in [-0.05, 0) is 69.6 Å². The van der Waals surface area contributed by atoms with Crippen molar-refractivity contribution in [1.29, 1.82) is 0 Å². The van der Waals surface area contributed by atoms with Gasteiger partial charge in [-0.3, -0.25) is 28.8 Å². The second-order valence-electron chi connectivity index (χ2n) is 18.6. The molecule has 0 spiro atoms. The van der Waals surface area contributed by atoms with Crippen molar-refractivity contribution in [3.63, 3.8) is 0 Å². The van der Waals surface area contributed by atoms with Crippen LogP contribution in [0.25, 0.3) is 0 Å². The average molecular weight is 1050 g/mol. The zero-order chi connectivity index (χ0) is 53.4. The standard InChI is InChI=1S/C20H17ClN2O4.C20H24N2O4.C16H24N2O4/c1-13-11-17(23-27-13)22-20(25)19(15-5-3-2-4-6-15)26-18(24)12-14-7-9-16(21)10-8-14;1-14-13-17(22-26-14)21-20(24)19(16-9-3-2-4-10-16)25-18(23)12-11-15-7-5-6-8-15;1-12-11-14(18-22-12)17-15(19)7-4-10-21-16(20)9-8-13-5-2-3-6-13/h2-11,19H,12H2,1H3,(H,22,23,25);2-4,9-10,13,15,19H,5-8,11-12H2,1H3,(H,21,22,24);11,13H,2-10H2,1H3,(H,17,18,19). The Balaban J connectivity index is 0.000000184. The molecule has 0 radical (unpaired) electrons. The van der Waals surface area contributed by atoms with Crippen LogP contribution in [-0.4, -0.2) is 57.7 Å². The SMILES string of the molecule is Cc1cc(NC(=O)C(OC(=O)CCC2CCCC2)c2ccccc2)no1.Cc1cc(NC(=O)C(OC(=O)Cc2ccc(Cl)cc2)c2ccccc2)no1.Cc1cc(NC(=O)CCCOC(=O)CCC2CCCC2)no1. The molecule has 3 aromatic carbocycles. The van der Waals surface area contributed by atoms with Gasteiger partial charge in [0.2, 0.25) is 18.1 Å². The van der Waals surface area contributed by atoms with Gasteiger partial charge in [-0.1, -0.05) is 151 Å². The number of amides is 3. The first-order valence-electron chi connectivity index (χ1n) is 25.4. The molecular weight excluding hydrogens is 984 g/mol. The fourth-order valence-corrected chi connectivity index (χ4v) is 8.66. The molecular formula is C56H65ClN6O12. The lowest BCUT2D eigenvalue weighted by atomic mass is 10.0. The first kappa shape index (κ1) is 56.7. The Hall–Kier alpha value is -7.60. The van der Waals surface area contributed by atoms with Crippen LogP contribution in [0.4, 0.5) is 17.5 Å². The molecule has 75 heavy (non-hydrogen) atoms. The monoisotopic (exact) mass is 1050 g/mol. The summed E-state index contributed by atoms with van der Waals surface area (Å²) >= 11 is 5.85. The van der Waals surface area contributed by atoms with Crippen molar-refractivity contribution in [1.82, 2.24) is 15.5 Å². The molecule has 8 rings (SSSR count). The van der Waals surface area contributed by atoms with E-state index in [0.29, 0.717) is 82.6 Å². The molecule has 3 aromatic heterocycles. The van der Waals surface area contributed by atoms with Crippen molar-refractivity contribution >= 4 is 64.7 Å². The highest BCUT2D eigenvalue weighted by Crippen LogP contribution is 2.30. The number of hydrogen-bond acceptors (Lipinski definition) is 15. The zero-order valence-corrected chi connectivity index (χ0v) is 43.3. The van der Waals surface area contributed by atoms with Gasteiger partial charge in [0, 0.05) is 53.6 Å². The molecule has 3 amide bonds. The number of carbonyl (C=O) groups excluding carboxylic acids is 6. The minimum atomic E-state index is -1.11. The highest BCUT2D eigenvalue weighted by Gasteiger charge is 2.28. The van der Waals surface area contributed by atoms with Crippen molar-refractivity contribution in [2.45, 2.75) is 129 Å². The third-order valence-corrected chi connectivity index (χ3v) is 12.6. The number of ether oxygens (including phenoxy) is 3. The number of aromatic nitrogens is 3. The largest absolute Gasteiger partial charge is 0.466 e. The van der Waals surface area contributed by atoms with E-state index in [0.717, 1.165) is 18.4 Å². The zero-order valence-electron chi connectivity index (χ0n) is 42.6. The summed E-state index contributed by atoms with van der Waals surface area (Å²) < 4.78 is 30.9. The molecule has 2 aliphatic rings. The van der Waals surface area contributed by atoms with E-state index in [9.17, 15) is 28.8 Å². The Bertz CT molecular complexity index is 2730. The lowest BCUT2D eigenvalue weighted by Gasteiger charge is -2.18. The van der Waals surface area contributed by atoms with Crippen LogP contribution in [0.1, 0.15) is 136 Å².